The minimum absolute atomic E-state index is 0.0145. The van der Waals surface area contributed by atoms with Crippen molar-refractivity contribution >= 4 is 31.7 Å². The highest BCUT2D eigenvalue weighted by Crippen LogP contribution is 2.49. The minimum Gasteiger partial charge on any atom is -0.463 e. The summed E-state index contributed by atoms with van der Waals surface area (Å²) in [6.07, 6.45) is 30.6. The SMILES string of the molecule is CCCCCCCC/C=C\CCCCCC(=O)OC1C(O)C(O)C(OC2OC(CO)C(O)C(O)C2O)C(OP(=O)(O)OCC(COC(=O)CCCCCCCCCCCCCCCCCC)OC(=O)CCCCCCCCCCCCCCCCCC)C1OC1OC(COC(=O)CCCCCCCCC(C)CCCCCCCC)C(O)C(O)C1O. The summed E-state index contributed by atoms with van der Waals surface area (Å²) in [6, 6.07) is 0. The summed E-state index contributed by atoms with van der Waals surface area (Å²) in [7, 11) is -5.81. The van der Waals surface area contributed by atoms with Crippen LogP contribution in [0, 0.1) is 5.92 Å². The topological polar surface area (TPSA) is 380 Å². The number of aliphatic hydroxyl groups excluding tert-OH is 9. The summed E-state index contributed by atoms with van der Waals surface area (Å²) in [6.45, 7) is 7.95. The maximum absolute atomic E-state index is 14.9. The highest BCUT2D eigenvalue weighted by Gasteiger charge is 2.60. The number of phosphoric ester groups is 1. The quantitative estimate of drug-likeness (QED) is 0.00889. The maximum atomic E-state index is 14.9. The van der Waals surface area contributed by atoms with Gasteiger partial charge in [0.2, 0.25) is 0 Å². The Balaban J connectivity index is 1.90. The van der Waals surface area contributed by atoms with Crippen LogP contribution in [0.15, 0.2) is 12.2 Å². The molecule has 1 saturated carbocycles. The highest BCUT2D eigenvalue weighted by atomic mass is 31.2. The van der Waals surface area contributed by atoms with Crippen LogP contribution in [0.5, 0.6) is 0 Å². The fourth-order valence-corrected chi connectivity index (χ4v) is 17.3. The van der Waals surface area contributed by atoms with Crippen LogP contribution in [-0.4, -0.2) is 205 Å². The van der Waals surface area contributed by atoms with Crippen LogP contribution in [0.1, 0.15) is 426 Å². The largest absolute Gasteiger partial charge is 0.472 e. The zero-order valence-corrected chi connectivity index (χ0v) is 76.4. The molecular formula is C94H175O25P. The average molecular weight is 1740 g/mol. The number of phosphoric acid groups is 1. The van der Waals surface area contributed by atoms with Gasteiger partial charge >= 0.3 is 31.7 Å². The molecule has 120 heavy (non-hydrogen) atoms. The molecule has 1 aliphatic carbocycles. The van der Waals surface area contributed by atoms with Crippen molar-refractivity contribution in [3.63, 3.8) is 0 Å². The molecule has 0 aromatic heterocycles. The van der Waals surface area contributed by atoms with E-state index >= 15 is 0 Å². The van der Waals surface area contributed by atoms with Crippen molar-refractivity contribution in [2.45, 2.75) is 530 Å². The normalized spacial score (nSPS) is 25.0. The lowest BCUT2D eigenvalue weighted by Gasteiger charge is -2.50. The molecule has 2 saturated heterocycles. The molecule has 0 amide bonds. The lowest BCUT2D eigenvalue weighted by Crippen LogP contribution is -2.70. The van der Waals surface area contributed by atoms with Crippen molar-refractivity contribution in [1.82, 2.24) is 0 Å². The van der Waals surface area contributed by atoms with Gasteiger partial charge in [0.1, 0.15) is 92.6 Å². The van der Waals surface area contributed by atoms with Crippen molar-refractivity contribution in [3.05, 3.63) is 12.2 Å². The molecular weight excluding hydrogens is 1560 g/mol. The van der Waals surface area contributed by atoms with Gasteiger partial charge in [0.25, 0.3) is 0 Å². The standard InChI is InChI=1S/C94H175O25P/c1-6-10-14-18-22-25-28-31-33-35-38-40-43-46-53-59-65-77(96)110-70-74(113-79(98)67-61-55-47-44-42-39-36-34-32-29-26-23-19-15-11-7-2)71-112-120(108,109)119-92-90(117-93-87(106)83(102)81(100)75(69-95)114-93)86(105)85(104)89(116-80(99)68-62-56-48-45-41-37-30-27-24-20-16-12-8-3)91(92)118-94-88(107)84(103)82(101)76(115-94)72-111-78(97)66-60-54-50-49-52-58-64-73(5)63-57-51-21-17-13-9-4/h37,41,73-76,81-95,100-107H,6-36,38-40,42-72H2,1-5H3,(H,108,109)/b41-37-. The number of hydrogen-bond acceptors (Lipinski definition) is 24. The molecule has 26 heteroatoms. The second-order valence-corrected chi connectivity index (χ2v) is 36.6. The summed E-state index contributed by atoms with van der Waals surface area (Å²) < 4.78 is 73.5. The second-order valence-electron chi connectivity index (χ2n) is 35.2. The highest BCUT2D eigenvalue weighted by molar-refractivity contribution is 7.47. The first-order chi connectivity index (χ1) is 58.1. The number of hydrogen-bond donors (Lipinski definition) is 10. The van der Waals surface area contributed by atoms with Gasteiger partial charge < -0.3 is 88.7 Å². The van der Waals surface area contributed by atoms with Gasteiger partial charge in [-0.25, -0.2) is 4.57 Å². The molecule has 3 rings (SSSR count). The van der Waals surface area contributed by atoms with Gasteiger partial charge in [-0.3, -0.25) is 28.2 Å². The fourth-order valence-electron chi connectivity index (χ4n) is 16.3. The molecule has 0 radical (unpaired) electrons. The van der Waals surface area contributed by atoms with Crippen molar-refractivity contribution in [2.75, 3.05) is 26.4 Å². The molecule has 2 aliphatic heterocycles. The molecule has 25 nitrogen and oxygen atoms in total. The van der Waals surface area contributed by atoms with E-state index in [1.54, 1.807) is 0 Å². The molecule has 0 spiro atoms. The van der Waals surface area contributed by atoms with Gasteiger partial charge in [-0.15, -0.1) is 0 Å². The van der Waals surface area contributed by atoms with Crippen LogP contribution >= 0.6 is 7.82 Å². The first-order valence-corrected chi connectivity index (χ1v) is 50.3. The van der Waals surface area contributed by atoms with Crippen molar-refractivity contribution in [2.24, 2.45) is 5.92 Å². The zero-order chi connectivity index (χ0) is 87.6. The summed E-state index contributed by atoms with van der Waals surface area (Å²) in [5, 5.41) is 102. The van der Waals surface area contributed by atoms with E-state index in [0.717, 1.165) is 122 Å². The predicted octanol–water partition coefficient (Wildman–Crippen LogP) is 18.6. The smallest absolute Gasteiger partial charge is 0.463 e. The molecule has 2 heterocycles. The maximum Gasteiger partial charge on any atom is 0.472 e. The minimum atomic E-state index is -5.81. The van der Waals surface area contributed by atoms with E-state index in [1.807, 2.05) is 0 Å². The Morgan fingerprint density at radius 1 is 0.350 bits per heavy atom. The molecule has 10 N–H and O–H groups in total. The first kappa shape index (κ1) is 111. The molecule has 0 aromatic carbocycles. The Labute approximate surface area is 724 Å². The second kappa shape index (κ2) is 72.2. The van der Waals surface area contributed by atoms with Crippen LogP contribution in [-0.2, 0) is 70.7 Å². The zero-order valence-electron chi connectivity index (χ0n) is 75.6. The Morgan fingerprint density at radius 2 is 0.675 bits per heavy atom. The Kier molecular flexibility index (Phi) is 67.0. The number of unbranched alkanes of at least 4 members (excludes halogenated alkanes) is 49. The van der Waals surface area contributed by atoms with Crippen LogP contribution in [0.25, 0.3) is 0 Å². The van der Waals surface area contributed by atoms with E-state index in [9.17, 15) is 74.6 Å². The van der Waals surface area contributed by atoms with Gasteiger partial charge in [-0.1, -0.05) is 361 Å². The Morgan fingerprint density at radius 3 is 1.08 bits per heavy atom. The van der Waals surface area contributed by atoms with E-state index in [1.165, 1.54) is 205 Å². The molecule has 19 unspecified atom stereocenters. The van der Waals surface area contributed by atoms with Crippen molar-refractivity contribution in [3.8, 4) is 0 Å². The van der Waals surface area contributed by atoms with Gasteiger partial charge in [-0.05, 0) is 57.3 Å². The average Bonchev–Trinajstić information content (AvgIpc) is 0.753. The molecule has 19 atom stereocenters. The summed E-state index contributed by atoms with van der Waals surface area (Å²) >= 11 is 0. The number of carbonyl (C=O) groups is 4. The molecule has 3 aliphatic rings. The van der Waals surface area contributed by atoms with Gasteiger partial charge in [0.15, 0.2) is 24.8 Å². The third kappa shape index (κ3) is 51.9. The molecule has 706 valence electrons. The number of rotatable bonds is 79. The summed E-state index contributed by atoms with van der Waals surface area (Å²) in [4.78, 5) is 66.6. The number of esters is 4. The van der Waals surface area contributed by atoms with Crippen LogP contribution in [0.3, 0.4) is 0 Å². The molecule has 3 fully saturated rings. The monoisotopic (exact) mass is 1740 g/mol. The third-order valence-corrected chi connectivity index (χ3v) is 25.2. The van der Waals surface area contributed by atoms with E-state index in [-0.39, 0.29) is 32.1 Å². The molecule has 0 bridgehead atoms. The van der Waals surface area contributed by atoms with E-state index in [4.69, 9.17) is 46.9 Å². The van der Waals surface area contributed by atoms with E-state index in [0.29, 0.717) is 38.0 Å². The van der Waals surface area contributed by atoms with Crippen LogP contribution < -0.4 is 0 Å². The van der Waals surface area contributed by atoms with Gasteiger partial charge in [-0.2, -0.15) is 0 Å². The van der Waals surface area contributed by atoms with E-state index < -0.39 is 162 Å². The first-order valence-electron chi connectivity index (χ1n) is 48.8. The Bertz CT molecular complexity index is 2550. The fraction of sp³-hybridized carbons (Fsp3) is 0.936. The summed E-state index contributed by atoms with van der Waals surface area (Å²) in [5.74, 6) is -2.28. The van der Waals surface area contributed by atoms with Gasteiger partial charge in [0, 0.05) is 25.7 Å². The van der Waals surface area contributed by atoms with Gasteiger partial charge in [0.05, 0.1) is 13.2 Å². The number of aliphatic hydroxyl groups is 9. The van der Waals surface area contributed by atoms with Crippen LogP contribution in [0.4, 0.5) is 0 Å². The lowest BCUT2D eigenvalue weighted by atomic mass is 9.84. The Hall–Kier alpha value is -2.79. The predicted molar refractivity (Wildman–Crippen MR) is 467 cm³/mol. The number of ether oxygens (including phenoxy) is 8. The summed E-state index contributed by atoms with van der Waals surface area (Å²) in [5.41, 5.74) is 0. The third-order valence-electron chi connectivity index (χ3n) is 24.2. The lowest BCUT2D eigenvalue weighted by molar-refractivity contribution is -0.360. The van der Waals surface area contributed by atoms with E-state index in [2.05, 4.69) is 46.8 Å². The van der Waals surface area contributed by atoms with Crippen LogP contribution in [0.2, 0.25) is 0 Å². The number of carbonyl (C=O) groups excluding carboxylic acids is 4. The van der Waals surface area contributed by atoms with Crippen molar-refractivity contribution < 1.29 is 122 Å². The molecule has 0 aromatic rings. The number of allylic oxidation sites excluding steroid dienone is 2. The van der Waals surface area contributed by atoms with Crippen molar-refractivity contribution in [1.29, 1.82) is 0 Å².